The summed E-state index contributed by atoms with van der Waals surface area (Å²) in [6.07, 6.45) is 6.28. The Morgan fingerprint density at radius 2 is 1.72 bits per heavy atom. The third-order valence-electron chi connectivity index (χ3n) is 5.30. The predicted molar refractivity (Wildman–Crippen MR) is 113 cm³/mol. The van der Waals surface area contributed by atoms with Gasteiger partial charge >= 0.3 is 0 Å². The number of benzene rings is 1. The lowest BCUT2D eigenvalue weighted by atomic mass is 10.1. The number of amides is 2. The summed E-state index contributed by atoms with van der Waals surface area (Å²) in [5.74, 6) is -0.0486. The summed E-state index contributed by atoms with van der Waals surface area (Å²) in [5.41, 5.74) is 5.93. The highest BCUT2D eigenvalue weighted by atomic mass is 16.2. The molecule has 0 N–H and O–H groups in total. The molecule has 3 heterocycles. The van der Waals surface area contributed by atoms with Gasteiger partial charge in [-0.3, -0.25) is 14.0 Å². The number of hydrogen-bond donors (Lipinski definition) is 0. The third-order valence-corrected chi connectivity index (χ3v) is 5.30. The number of piperazine rings is 1. The van der Waals surface area contributed by atoms with E-state index in [0.29, 0.717) is 26.2 Å². The SMILES string of the molecule is Cc1ccc(-c2nc3cc(C)ccn3c2/C=C/C(=O)N2CCN(C=O)CC2)cc1. The van der Waals surface area contributed by atoms with E-state index in [2.05, 4.69) is 31.2 Å². The molecule has 1 fully saturated rings. The molecule has 0 spiro atoms. The van der Waals surface area contributed by atoms with Gasteiger partial charge in [-0.25, -0.2) is 4.98 Å². The average Bonchev–Trinajstić information content (AvgIpc) is 3.10. The minimum absolute atomic E-state index is 0.0486. The van der Waals surface area contributed by atoms with Crippen molar-refractivity contribution in [1.29, 1.82) is 0 Å². The highest BCUT2D eigenvalue weighted by molar-refractivity contribution is 5.93. The number of aromatic nitrogens is 2. The zero-order chi connectivity index (χ0) is 20.4. The molecular weight excluding hydrogens is 364 g/mol. The van der Waals surface area contributed by atoms with Crippen LogP contribution < -0.4 is 0 Å². The number of hydrogen-bond acceptors (Lipinski definition) is 3. The molecule has 0 unspecified atom stereocenters. The second-order valence-corrected chi connectivity index (χ2v) is 7.44. The second kappa shape index (κ2) is 7.91. The van der Waals surface area contributed by atoms with Crippen LogP contribution in [0, 0.1) is 13.8 Å². The summed E-state index contributed by atoms with van der Waals surface area (Å²) < 4.78 is 2.01. The number of aryl methyl sites for hydroxylation is 2. The zero-order valence-corrected chi connectivity index (χ0v) is 16.7. The number of carbonyl (C=O) groups excluding carboxylic acids is 2. The van der Waals surface area contributed by atoms with Crippen molar-refractivity contribution in [2.75, 3.05) is 26.2 Å². The van der Waals surface area contributed by atoms with E-state index in [-0.39, 0.29) is 5.91 Å². The number of fused-ring (bicyclic) bond motifs is 1. The number of imidazole rings is 1. The van der Waals surface area contributed by atoms with Gasteiger partial charge in [0.2, 0.25) is 12.3 Å². The summed E-state index contributed by atoms with van der Waals surface area (Å²) in [7, 11) is 0. The van der Waals surface area contributed by atoms with Gasteiger partial charge in [0.1, 0.15) is 5.65 Å². The van der Waals surface area contributed by atoms with E-state index in [1.807, 2.05) is 35.7 Å². The minimum Gasteiger partial charge on any atom is -0.342 e. The topological polar surface area (TPSA) is 57.9 Å². The first-order chi connectivity index (χ1) is 14.0. The van der Waals surface area contributed by atoms with E-state index in [1.165, 1.54) is 5.56 Å². The Bertz CT molecular complexity index is 1070. The van der Waals surface area contributed by atoms with E-state index in [9.17, 15) is 9.59 Å². The normalized spacial score (nSPS) is 14.7. The summed E-state index contributed by atoms with van der Waals surface area (Å²) in [5, 5.41) is 0. The first-order valence-corrected chi connectivity index (χ1v) is 9.77. The Labute approximate surface area is 170 Å². The van der Waals surface area contributed by atoms with Crippen molar-refractivity contribution >= 4 is 24.0 Å². The van der Waals surface area contributed by atoms with Gasteiger partial charge in [-0.15, -0.1) is 0 Å². The van der Waals surface area contributed by atoms with Crippen LogP contribution in [-0.4, -0.2) is 57.7 Å². The molecular formula is C23H24N4O2. The number of nitrogens with zero attached hydrogens (tertiary/aromatic N) is 4. The third kappa shape index (κ3) is 3.92. The molecule has 29 heavy (non-hydrogen) atoms. The molecule has 1 aliphatic heterocycles. The number of pyridine rings is 1. The van der Waals surface area contributed by atoms with Gasteiger partial charge in [0.05, 0.1) is 11.4 Å². The molecule has 1 aromatic carbocycles. The van der Waals surface area contributed by atoms with Gasteiger partial charge in [-0.1, -0.05) is 29.8 Å². The van der Waals surface area contributed by atoms with Gasteiger partial charge < -0.3 is 9.80 Å². The van der Waals surface area contributed by atoms with Crippen molar-refractivity contribution in [1.82, 2.24) is 19.2 Å². The molecule has 0 saturated carbocycles. The molecule has 1 aliphatic rings. The number of rotatable bonds is 4. The van der Waals surface area contributed by atoms with Crippen LogP contribution in [0.15, 0.2) is 48.7 Å². The van der Waals surface area contributed by atoms with Crippen molar-refractivity contribution in [2.45, 2.75) is 13.8 Å². The van der Waals surface area contributed by atoms with Crippen LogP contribution >= 0.6 is 0 Å². The summed E-state index contributed by atoms with van der Waals surface area (Å²) in [6, 6.07) is 12.3. The van der Waals surface area contributed by atoms with Crippen LogP contribution in [0.4, 0.5) is 0 Å². The van der Waals surface area contributed by atoms with Crippen LogP contribution in [0.3, 0.4) is 0 Å². The quantitative estimate of drug-likeness (QED) is 0.510. The Hall–Kier alpha value is -3.41. The van der Waals surface area contributed by atoms with Crippen LogP contribution in [0.2, 0.25) is 0 Å². The lowest BCUT2D eigenvalue weighted by Crippen LogP contribution is -2.47. The molecule has 3 aromatic rings. The smallest absolute Gasteiger partial charge is 0.246 e. The molecule has 0 aliphatic carbocycles. The lowest BCUT2D eigenvalue weighted by Gasteiger charge is -2.31. The van der Waals surface area contributed by atoms with Crippen molar-refractivity contribution in [3.63, 3.8) is 0 Å². The molecule has 0 atom stereocenters. The fourth-order valence-corrected chi connectivity index (χ4v) is 3.55. The standard InChI is InChI=1S/C23H24N4O2/c1-17-3-5-19(6-4-17)23-20(27-10-9-18(2)15-21(27)24-23)7-8-22(29)26-13-11-25(16-28)12-14-26/h3-10,15-16H,11-14H2,1-2H3/b8-7+. The minimum atomic E-state index is -0.0486. The van der Waals surface area contributed by atoms with Crippen molar-refractivity contribution < 1.29 is 9.59 Å². The van der Waals surface area contributed by atoms with Crippen molar-refractivity contribution in [3.05, 3.63) is 65.5 Å². The largest absolute Gasteiger partial charge is 0.342 e. The maximum absolute atomic E-state index is 12.7. The molecule has 0 bridgehead atoms. The molecule has 4 rings (SSSR count). The van der Waals surface area contributed by atoms with Crippen LogP contribution in [0.1, 0.15) is 16.8 Å². The highest BCUT2D eigenvalue weighted by Crippen LogP contribution is 2.26. The fraction of sp³-hybridized carbons (Fsp3) is 0.261. The van der Waals surface area contributed by atoms with E-state index < -0.39 is 0 Å². The first-order valence-electron chi connectivity index (χ1n) is 9.77. The van der Waals surface area contributed by atoms with E-state index in [4.69, 9.17) is 4.98 Å². The van der Waals surface area contributed by atoms with E-state index in [0.717, 1.165) is 34.6 Å². The Balaban J connectivity index is 1.67. The molecule has 6 nitrogen and oxygen atoms in total. The Morgan fingerprint density at radius 3 is 2.41 bits per heavy atom. The summed E-state index contributed by atoms with van der Waals surface area (Å²) in [4.78, 5) is 31.8. The van der Waals surface area contributed by atoms with E-state index in [1.54, 1.807) is 15.9 Å². The Morgan fingerprint density at radius 1 is 1.00 bits per heavy atom. The van der Waals surface area contributed by atoms with Crippen molar-refractivity contribution in [2.24, 2.45) is 0 Å². The van der Waals surface area contributed by atoms with Gasteiger partial charge in [0.25, 0.3) is 0 Å². The Kier molecular flexibility index (Phi) is 5.16. The molecule has 6 heteroatoms. The fourth-order valence-electron chi connectivity index (χ4n) is 3.55. The van der Waals surface area contributed by atoms with Crippen LogP contribution in [0.25, 0.3) is 23.0 Å². The first kappa shape index (κ1) is 18.9. The summed E-state index contributed by atoms with van der Waals surface area (Å²) in [6.45, 7) is 6.36. The lowest BCUT2D eigenvalue weighted by molar-refractivity contribution is -0.130. The van der Waals surface area contributed by atoms with E-state index >= 15 is 0 Å². The monoisotopic (exact) mass is 388 g/mol. The van der Waals surface area contributed by atoms with Gasteiger partial charge in [-0.2, -0.15) is 0 Å². The molecule has 0 radical (unpaired) electrons. The zero-order valence-electron chi connectivity index (χ0n) is 16.7. The molecule has 2 amide bonds. The highest BCUT2D eigenvalue weighted by Gasteiger charge is 2.19. The van der Waals surface area contributed by atoms with Crippen LogP contribution in [-0.2, 0) is 9.59 Å². The second-order valence-electron chi connectivity index (χ2n) is 7.44. The predicted octanol–water partition coefficient (Wildman–Crippen LogP) is 2.93. The maximum Gasteiger partial charge on any atom is 0.246 e. The number of carbonyl (C=O) groups is 2. The molecule has 2 aromatic heterocycles. The van der Waals surface area contributed by atoms with Gasteiger partial charge in [0.15, 0.2) is 0 Å². The average molecular weight is 388 g/mol. The van der Waals surface area contributed by atoms with Crippen LogP contribution in [0.5, 0.6) is 0 Å². The summed E-state index contributed by atoms with van der Waals surface area (Å²) >= 11 is 0. The maximum atomic E-state index is 12.7. The van der Waals surface area contributed by atoms with Crippen molar-refractivity contribution in [3.8, 4) is 11.3 Å². The molecule has 1 saturated heterocycles. The van der Waals surface area contributed by atoms with Gasteiger partial charge in [0, 0.05) is 44.0 Å². The van der Waals surface area contributed by atoms with Gasteiger partial charge in [-0.05, 0) is 37.6 Å². The molecule has 148 valence electrons.